The largest absolute Gasteiger partial charge is 0.454 e. The van der Waals surface area contributed by atoms with Gasteiger partial charge in [-0.3, -0.25) is 0 Å². The fourth-order valence-corrected chi connectivity index (χ4v) is 2.84. The quantitative estimate of drug-likeness (QED) is 0.489. The van der Waals surface area contributed by atoms with E-state index >= 15 is 0 Å². The molecule has 0 spiro atoms. The van der Waals surface area contributed by atoms with Gasteiger partial charge in [0.25, 0.3) is 0 Å². The zero-order valence-electron chi connectivity index (χ0n) is 12.1. The van der Waals surface area contributed by atoms with Crippen LogP contribution in [0.4, 0.5) is 0 Å². The van der Waals surface area contributed by atoms with Crippen molar-refractivity contribution < 1.29 is 23.4 Å². The van der Waals surface area contributed by atoms with Crippen LogP contribution < -0.4 is 14.2 Å². The third kappa shape index (κ3) is 2.45. The molecule has 1 aliphatic rings. The standard InChI is InChI=1S/C17H11BrO5/c1-9-12-6-10(18)2-4-13(12)23-16(9)17(19)22-11-3-5-14-15(7-11)21-8-20-14/h2-7H,8H2,1H3. The SMILES string of the molecule is Cc1c(C(=O)Oc2ccc3c(c2)OCO3)oc2ccc(Br)cc12. The first-order valence-electron chi connectivity index (χ1n) is 6.92. The molecule has 0 unspecified atom stereocenters. The molecule has 0 N–H and O–H groups in total. The molecule has 5 nitrogen and oxygen atoms in total. The van der Waals surface area contributed by atoms with E-state index in [0.29, 0.717) is 22.8 Å². The molecule has 2 aromatic carbocycles. The number of halogens is 1. The lowest BCUT2D eigenvalue weighted by Gasteiger charge is -2.04. The van der Waals surface area contributed by atoms with Gasteiger partial charge in [-0.05, 0) is 37.3 Å². The van der Waals surface area contributed by atoms with Crippen LogP contribution in [-0.2, 0) is 0 Å². The lowest BCUT2D eigenvalue weighted by molar-refractivity contribution is 0.0702. The number of esters is 1. The number of benzene rings is 2. The molecule has 0 aliphatic carbocycles. The summed E-state index contributed by atoms with van der Waals surface area (Å²) in [5, 5.41) is 0.872. The van der Waals surface area contributed by atoms with Gasteiger partial charge in [-0.25, -0.2) is 4.79 Å². The summed E-state index contributed by atoms with van der Waals surface area (Å²) in [5.74, 6) is 1.21. The van der Waals surface area contributed by atoms with Crippen molar-refractivity contribution in [2.24, 2.45) is 0 Å². The number of carbonyl (C=O) groups is 1. The normalized spacial score (nSPS) is 12.6. The number of fused-ring (bicyclic) bond motifs is 2. The first-order valence-corrected chi connectivity index (χ1v) is 7.71. The van der Waals surface area contributed by atoms with Gasteiger partial charge >= 0.3 is 5.97 Å². The van der Waals surface area contributed by atoms with E-state index in [4.69, 9.17) is 18.6 Å². The molecule has 0 bridgehead atoms. The molecular formula is C17H11BrO5. The van der Waals surface area contributed by atoms with Gasteiger partial charge in [-0.1, -0.05) is 15.9 Å². The van der Waals surface area contributed by atoms with Gasteiger partial charge in [-0.15, -0.1) is 0 Å². The average molecular weight is 375 g/mol. The van der Waals surface area contributed by atoms with Crippen molar-refractivity contribution >= 4 is 32.9 Å². The Kier molecular flexibility index (Phi) is 3.27. The number of aryl methyl sites for hydroxylation is 1. The van der Waals surface area contributed by atoms with Gasteiger partial charge in [0.2, 0.25) is 12.6 Å². The number of furan rings is 1. The van der Waals surface area contributed by atoms with Crippen LogP contribution in [0.1, 0.15) is 16.1 Å². The van der Waals surface area contributed by atoms with E-state index in [1.807, 2.05) is 25.1 Å². The van der Waals surface area contributed by atoms with E-state index in [-0.39, 0.29) is 12.6 Å². The maximum atomic E-state index is 12.4. The van der Waals surface area contributed by atoms with E-state index in [1.54, 1.807) is 18.2 Å². The number of rotatable bonds is 2. The molecule has 1 aliphatic heterocycles. The number of ether oxygens (including phenoxy) is 3. The Balaban J connectivity index is 1.65. The van der Waals surface area contributed by atoms with E-state index < -0.39 is 5.97 Å². The second-order valence-corrected chi connectivity index (χ2v) is 6.02. The second-order valence-electron chi connectivity index (χ2n) is 5.10. The molecule has 0 saturated carbocycles. The minimum Gasteiger partial charge on any atom is -0.454 e. The van der Waals surface area contributed by atoms with Crippen LogP contribution >= 0.6 is 15.9 Å². The van der Waals surface area contributed by atoms with E-state index in [2.05, 4.69) is 15.9 Å². The Morgan fingerprint density at radius 3 is 2.83 bits per heavy atom. The predicted octanol–water partition coefficient (Wildman–Crippen LogP) is 4.45. The highest BCUT2D eigenvalue weighted by Crippen LogP contribution is 2.35. The second kappa shape index (κ2) is 5.31. The monoisotopic (exact) mass is 374 g/mol. The lowest BCUT2D eigenvalue weighted by atomic mass is 10.1. The number of hydrogen-bond acceptors (Lipinski definition) is 5. The molecule has 0 amide bonds. The Labute approximate surface area is 139 Å². The summed E-state index contributed by atoms with van der Waals surface area (Å²) >= 11 is 3.41. The maximum Gasteiger partial charge on any atom is 0.379 e. The van der Waals surface area contributed by atoms with Crippen molar-refractivity contribution in [1.29, 1.82) is 0 Å². The smallest absolute Gasteiger partial charge is 0.379 e. The summed E-state index contributed by atoms with van der Waals surface area (Å²) in [4.78, 5) is 12.4. The van der Waals surface area contributed by atoms with E-state index in [0.717, 1.165) is 15.4 Å². The summed E-state index contributed by atoms with van der Waals surface area (Å²) < 4.78 is 22.4. The van der Waals surface area contributed by atoms with E-state index in [9.17, 15) is 4.79 Å². The van der Waals surface area contributed by atoms with Gasteiger partial charge in [0, 0.05) is 21.5 Å². The molecule has 6 heteroatoms. The van der Waals surface area contributed by atoms with Crippen molar-refractivity contribution in [1.82, 2.24) is 0 Å². The van der Waals surface area contributed by atoms with Crippen LogP contribution in [0.25, 0.3) is 11.0 Å². The zero-order valence-corrected chi connectivity index (χ0v) is 13.7. The Morgan fingerprint density at radius 2 is 1.96 bits per heavy atom. The highest BCUT2D eigenvalue weighted by Gasteiger charge is 2.21. The van der Waals surface area contributed by atoms with Crippen molar-refractivity contribution in [2.45, 2.75) is 6.92 Å². The van der Waals surface area contributed by atoms with Gasteiger partial charge in [0.15, 0.2) is 11.5 Å². The Bertz CT molecular complexity index is 928. The first kappa shape index (κ1) is 14.1. The molecule has 116 valence electrons. The molecule has 0 radical (unpaired) electrons. The molecule has 2 heterocycles. The summed E-state index contributed by atoms with van der Waals surface area (Å²) in [6, 6.07) is 10.6. The van der Waals surface area contributed by atoms with Crippen molar-refractivity contribution in [3.8, 4) is 17.2 Å². The molecular weight excluding hydrogens is 364 g/mol. The van der Waals surface area contributed by atoms with Crippen LogP contribution in [0.5, 0.6) is 17.2 Å². The van der Waals surface area contributed by atoms with Gasteiger partial charge < -0.3 is 18.6 Å². The summed E-state index contributed by atoms with van der Waals surface area (Å²) in [6.07, 6.45) is 0. The number of carbonyl (C=O) groups excluding carboxylic acids is 1. The Hall–Kier alpha value is -2.47. The summed E-state index contributed by atoms with van der Waals surface area (Å²) in [6.45, 7) is 2.00. The summed E-state index contributed by atoms with van der Waals surface area (Å²) in [5.41, 5.74) is 1.38. The van der Waals surface area contributed by atoms with Crippen LogP contribution in [0.15, 0.2) is 45.3 Å². The molecule has 0 fully saturated rings. The van der Waals surface area contributed by atoms with Crippen LogP contribution in [-0.4, -0.2) is 12.8 Å². The molecule has 23 heavy (non-hydrogen) atoms. The van der Waals surface area contributed by atoms with Gasteiger partial charge in [0.05, 0.1) is 0 Å². The van der Waals surface area contributed by atoms with Crippen molar-refractivity contribution in [2.75, 3.05) is 6.79 Å². The fraction of sp³-hybridized carbons (Fsp3) is 0.118. The van der Waals surface area contributed by atoms with Crippen LogP contribution in [0.2, 0.25) is 0 Å². The fourth-order valence-electron chi connectivity index (χ4n) is 2.48. The molecule has 0 atom stereocenters. The third-order valence-electron chi connectivity index (χ3n) is 3.64. The number of hydrogen-bond donors (Lipinski definition) is 0. The molecule has 0 saturated heterocycles. The first-order chi connectivity index (χ1) is 11.1. The van der Waals surface area contributed by atoms with Gasteiger partial charge in [-0.2, -0.15) is 0 Å². The predicted molar refractivity (Wildman–Crippen MR) is 86.2 cm³/mol. The molecule has 3 aromatic rings. The van der Waals surface area contributed by atoms with Crippen molar-refractivity contribution in [3.63, 3.8) is 0 Å². The molecule has 4 rings (SSSR count). The lowest BCUT2D eigenvalue weighted by Crippen LogP contribution is -2.08. The van der Waals surface area contributed by atoms with Crippen LogP contribution in [0, 0.1) is 6.92 Å². The minimum absolute atomic E-state index is 0.171. The topological polar surface area (TPSA) is 57.9 Å². The Morgan fingerprint density at radius 1 is 1.13 bits per heavy atom. The highest BCUT2D eigenvalue weighted by molar-refractivity contribution is 9.10. The van der Waals surface area contributed by atoms with Crippen LogP contribution in [0.3, 0.4) is 0 Å². The maximum absolute atomic E-state index is 12.4. The minimum atomic E-state index is -0.548. The highest BCUT2D eigenvalue weighted by atomic mass is 79.9. The zero-order chi connectivity index (χ0) is 16.0. The van der Waals surface area contributed by atoms with Crippen molar-refractivity contribution in [3.05, 3.63) is 52.2 Å². The third-order valence-corrected chi connectivity index (χ3v) is 4.13. The molecule has 1 aromatic heterocycles. The average Bonchev–Trinajstić information content (AvgIpc) is 3.12. The van der Waals surface area contributed by atoms with E-state index in [1.165, 1.54) is 0 Å². The van der Waals surface area contributed by atoms with Gasteiger partial charge in [0.1, 0.15) is 11.3 Å². The summed E-state index contributed by atoms with van der Waals surface area (Å²) in [7, 11) is 0.